The van der Waals surface area contributed by atoms with Crippen LogP contribution in [0.3, 0.4) is 0 Å². The molecule has 0 saturated carbocycles. The lowest BCUT2D eigenvalue weighted by Gasteiger charge is -2.17. The molecule has 3 heteroatoms. The van der Waals surface area contributed by atoms with Crippen molar-refractivity contribution in [2.24, 2.45) is 5.73 Å². The summed E-state index contributed by atoms with van der Waals surface area (Å²) in [5, 5.41) is 0. The minimum atomic E-state index is -0.162. The van der Waals surface area contributed by atoms with Crippen LogP contribution in [0.5, 0.6) is 5.75 Å². The van der Waals surface area contributed by atoms with E-state index in [-0.39, 0.29) is 6.04 Å². The standard InChI is InChI=1S/C17H21NOS/c1-4-20-14-8-6-13(7-9-14)17(18)15-11-12(2)5-10-16(15)19-3/h5-11,17H,4,18H2,1-3H3. The summed E-state index contributed by atoms with van der Waals surface area (Å²) >= 11 is 1.84. The van der Waals surface area contributed by atoms with E-state index in [1.165, 1.54) is 10.5 Å². The van der Waals surface area contributed by atoms with Gasteiger partial charge in [-0.2, -0.15) is 0 Å². The zero-order valence-corrected chi connectivity index (χ0v) is 13.0. The Labute approximate surface area is 125 Å². The van der Waals surface area contributed by atoms with Crippen molar-refractivity contribution >= 4 is 11.8 Å². The fourth-order valence-electron chi connectivity index (χ4n) is 2.21. The molecule has 2 aromatic carbocycles. The zero-order valence-electron chi connectivity index (χ0n) is 12.2. The quantitative estimate of drug-likeness (QED) is 0.839. The Bertz CT molecular complexity index is 566. The van der Waals surface area contributed by atoms with Crippen molar-refractivity contribution in [1.29, 1.82) is 0 Å². The van der Waals surface area contributed by atoms with E-state index in [1.807, 2.05) is 23.9 Å². The first-order chi connectivity index (χ1) is 9.65. The maximum atomic E-state index is 6.40. The maximum absolute atomic E-state index is 6.40. The van der Waals surface area contributed by atoms with Gasteiger partial charge in [-0.15, -0.1) is 11.8 Å². The van der Waals surface area contributed by atoms with Crippen molar-refractivity contribution < 1.29 is 4.74 Å². The largest absolute Gasteiger partial charge is 0.496 e. The van der Waals surface area contributed by atoms with Gasteiger partial charge in [0.2, 0.25) is 0 Å². The Morgan fingerprint density at radius 1 is 1.15 bits per heavy atom. The van der Waals surface area contributed by atoms with E-state index in [1.54, 1.807) is 7.11 Å². The number of benzene rings is 2. The topological polar surface area (TPSA) is 35.2 Å². The second-order valence-electron chi connectivity index (χ2n) is 4.73. The highest BCUT2D eigenvalue weighted by Gasteiger charge is 2.14. The lowest BCUT2D eigenvalue weighted by atomic mass is 9.97. The molecule has 1 atom stereocenters. The second kappa shape index (κ2) is 6.82. The van der Waals surface area contributed by atoms with Gasteiger partial charge in [0.15, 0.2) is 0 Å². The van der Waals surface area contributed by atoms with Crippen LogP contribution < -0.4 is 10.5 Å². The Kier molecular flexibility index (Phi) is 5.10. The number of hydrogen-bond donors (Lipinski definition) is 1. The summed E-state index contributed by atoms with van der Waals surface area (Å²) in [4.78, 5) is 1.28. The average Bonchev–Trinajstić information content (AvgIpc) is 2.47. The SMILES string of the molecule is CCSc1ccc(C(N)c2cc(C)ccc2OC)cc1. The van der Waals surface area contributed by atoms with Gasteiger partial charge in [-0.05, 0) is 36.4 Å². The highest BCUT2D eigenvalue weighted by molar-refractivity contribution is 7.99. The molecule has 0 bridgehead atoms. The minimum absolute atomic E-state index is 0.162. The van der Waals surface area contributed by atoms with E-state index in [4.69, 9.17) is 10.5 Å². The molecule has 0 fully saturated rings. The predicted molar refractivity (Wildman–Crippen MR) is 86.6 cm³/mol. The molecule has 0 aliphatic rings. The van der Waals surface area contributed by atoms with Gasteiger partial charge in [0.25, 0.3) is 0 Å². The molecule has 2 aromatic rings. The van der Waals surface area contributed by atoms with Gasteiger partial charge in [-0.3, -0.25) is 0 Å². The zero-order chi connectivity index (χ0) is 14.5. The summed E-state index contributed by atoms with van der Waals surface area (Å²) in [6.45, 7) is 4.22. The van der Waals surface area contributed by atoms with E-state index < -0.39 is 0 Å². The molecule has 0 amide bonds. The lowest BCUT2D eigenvalue weighted by Crippen LogP contribution is -2.13. The van der Waals surface area contributed by atoms with Gasteiger partial charge >= 0.3 is 0 Å². The summed E-state index contributed by atoms with van der Waals surface area (Å²) in [5.74, 6) is 1.92. The van der Waals surface area contributed by atoms with Crippen molar-refractivity contribution in [2.75, 3.05) is 12.9 Å². The Hall–Kier alpha value is -1.45. The summed E-state index contributed by atoms with van der Waals surface area (Å²) < 4.78 is 5.42. The molecule has 20 heavy (non-hydrogen) atoms. The molecular formula is C17H21NOS. The van der Waals surface area contributed by atoms with Gasteiger partial charge in [0.1, 0.15) is 5.75 Å². The molecule has 2 rings (SSSR count). The summed E-state index contributed by atoms with van der Waals surface area (Å²) in [5.41, 5.74) is 9.72. The highest BCUT2D eigenvalue weighted by Crippen LogP contribution is 2.30. The van der Waals surface area contributed by atoms with Crippen LogP contribution in [0, 0.1) is 6.92 Å². The molecule has 0 aliphatic carbocycles. The minimum Gasteiger partial charge on any atom is -0.496 e. The lowest BCUT2D eigenvalue weighted by molar-refractivity contribution is 0.407. The van der Waals surface area contributed by atoms with Crippen LogP contribution in [0.2, 0.25) is 0 Å². The fourth-order valence-corrected chi connectivity index (χ4v) is 2.88. The molecule has 2 nitrogen and oxygen atoms in total. The van der Waals surface area contributed by atoms with Crippen LogP contribution in [0.4, 0.5) is 0 Å². The second-order valence-corrected chi connectivity index (χ2v) is 6.06. The Balaban J connectivity index is 2.30. The number of thioether (sulfide) groups is 1. The first kappa shape index (κ1) is 14.9. The Morgan fingerprint density at radius 2 is 1.85 bits per heavy atom. The number of methoxy groups -OCH3 is 1. The molecule has 106 valence electrons. The highest BCUT2D eigenvalue weighted by atomic mass is 32.2. The van der Waals surface area contributed by atoms with Crippen molar-refractivity contribution in [2.45, 2.75) is 24.8 Å². The monoisotopic (exact) mass is 287 g/mol. The third-order valence-electron chi connectivity index (χ3n) is 3.27. The van der Waals surface area contributed by atoms with E-state index in [0.29, 0.717) is 0 Å². The summed E-state index contributed by atoms with van der Waals surface area (Å²) in [6.07, 6.45) is 0. The third-order valence-corrected chi connectivity index (χ3v) is 4.16. The van der Waals surface area contributed by atoms with Crippen molar-refractivity contribution in [1.82, 2.24) is 0 Å². The van der Waals surface area contributed by atoms with Gasteiger partial charge in [0.05, 0.1) is 13.2 Å². The molecule has 2 N–H and O–H groups in total. The van der Waals surface area contributed by atoms with Gasteiger partial charge in [-0.25, -0.2) is 0 Å². The molecule has 1 unspecified atom stereocenters. The summed E-state index contributed by atoms with van der Waals surface area (Å²) in [7, 11) is 1.68. The molecule has 0 aromatic heterocycles. The predicted octanol–water partition coefficient (Wildman–Crippen LogP) is 4.16. The smallest absolute Gasteiger partial charge is 0.123 e. The molecular weight excluding hydrogens is 266 g/mol. The first-order valence-corrected chi connectivity index (χ1v) is 7.77. The molecule has 0 aliphatic heterocycles. The number of ether oxygens (including phenoxy) is 1. The average molecular weight is 287 g/mol. The normalized spacial score (nSPS) is 12.2. The molecule has 0 spiro atoms. The van der Waals surface area contributed by atoms with Crippen LogP contribution in [0.1, 0.15) is 29.7 Å². The fraction of sp³-hybridized carbons (Fsp3) is 0.294. The van der Waals surface area contributed by atoms with Crippen LogP contribution >= 0.6 is 11.8 Å². The van der Waals surface area contributed by atoms with E-state index in [0.717, 1.165) is 22.6 Å². The molecule has 0 heterocycles. The molecule has 0 saturated heterocycles. The summed E-state index contributed by atoms with van der Waals surface area (Å²) in [6, 6.07) is 14.4. The maximum Gasteiger partial charge on any atom is 0.123 e. The van der Waals surface area contributed by atoms with Crippen molar-refractivity contribution in [3.05, 3.63) is 59.2 Å². The van der Waals surface area contributed by atoms with Crippen molar-refractivity contribution in [3.8, 4) is 5.75 Å². The van der Waals surface area contributed by atoms with Gasteiger partial charge in [-0.1, -0.05) is 36.8 Å². The van der Waals surface area contributed by atoms with Crippen LogP contribution in [0.15, 0.2) is 47.4 Å². The van der Waals surface area contributed by atoms with Gasteiger partial charge in [0, 0.05) is 10.5 Å². The van der Waals surface area contributed by atoms with Crippen molar-refractivity contribution in [3.63, 3.8) is 0 Å². The van der Waals surface area contributed by atoms with Crippen LogP contribution in [0.25, 0.3) is 0 Å². The van der Waals surface area contributed by atoms with E-state index in [9.17, 15) is 0 Å². The first-order valence-electron chi connectivity index (χ1n) is 6.78. The van der Waals surface area contributed by atoms with Crippen LogP contribution in [-0.2, 0) is 0 Å². The Morgan fingerprint density at radius 3 is 2.45 bits per heavy atom. The van der Waals surface area contributed by atoms with E-state index >= 15 is 0 Å². The molecule has 0 radical (unpaired) electrons. The van der Waals surface area contributed by atoms with Gasteiger partial charge < -0.3 is 10.5 Å². The number of hydrogen-bond acceptors (Lipinski definition) is 3. The van der Waals surface area contributed by atoms with E-state index in [2.05, 4.69) is 44.2 Å². The number of rotatable bonds is 5. The number of nitrogens with two attached hydrogens (primary N) is 1. The van der Waals surface area contributed by atoms with Crippen LogP contribution in [-0.4, -0.2) is 12.9 Å². The third kappa shape index (κ3) is 3.35. The number of aryl methyl sites for hydroxylation is 1.